The van der Waals surface area contributed by atoms with Crippen LogP contribution in [-0.4, -0.2) is 27.1 Å². The molecule has 0 spiro atoms. The zero-order valence-electron chi connectivity index (χ0n) is 8.53. The van der Waals surface area contributed by atoms with Crippen LogP contribution in [0.15, 0.2) is 0 Å². The number of hydrogen-bond acceptors (Lipinski definition) is 3. The van der Waals surface area contributed by atoms with Gasteiger partial charge in [0.1, 0.15) is 0 Å². The third-order valence-electron chi connectivity index (χ3n) is 1.71. The van der Waals surface area contributed by atoms with Crippen molar-refractivity contribution in [2.75, 3.05) is 12.4 Å². The van der Waals surface area contributed by atoms with Crippen molar-refractivity contribution in [1.29, 1.82) is 0 Å². The minimum absolute atomic E-state index is 0.143. The van der Waals surface area contributed by atoms with Gasteiger partial charge in [-0.1, -0.05) is 19.8 Å². The number of carbonyl (C=O) groups is 1. The third kappa shape index (κ3) is 9.67. The van der Waals surface area contributed by atoms with Crippen LogP contribution in [0.1, 0.15) is 39.0 Å². The van der Waals surface area contributed by atoms with Crippen LogP contribution in [0.4, 0.5) is 0 Å². The van der Waals surface area contributed by atoms with Crippen LogP contribution in [0.5, 0.6) is 0 Å². The van der Waals surface area contributed by atoms with Crippen LogP contribution >= 0.6 is 0 Å². The first kappa shape index (κ1) is 13.6. The summed E-state index contributed by atoms with van der Waals surface area (Å²) in [5, 5.41) is 0. The predicted molar refractivity (Wildman–Crippen MR) is 55.4 cm³/mol. The van der Waals surface area contributed by atoms with E-state index < -0.39 is 11.1 Å². The molecule has 0 radical (unpaired) electrons. The van der Waals surface area contributed by atoms with Crippen molar-refractivity contribution < 1.29 is 18.3 Å². The van der Waals surface area contributed by atoms with Crippen molar-refractivity contribution in [1.82, 2.24) is 0 Å². The van der Waals surface area contributed by atoms with E-state index >= 15 is 0 Å². The molecule has 0 rings (SSSR count). The van der Waals surface area contributed by atoms with Gasteiger partial charge in [-0.2, -0.15) is 0 Å². The second-order valence-corrected chi connectivity index (χ2v) is 4.11. The van der Waals surface area contributed by atoms with Crippen molar-refractivity contribution in [3.05, 3.63) is 0 Å². The van der Waals surface area contributed by atoms with Crippen molar-refractivity contribution in [2.24, 2.45) is 0 Å². The molecule has 84 valence electrons. The molecular weight excluding hydrogens is 204 g/mol. The third-order valence-corrected chi connectivity index (χ3v) is 2.35. The molecule has 0 aliphatic heterocycles. The van der Waals surface area contributed by atoms with Crippen LogP contribution in [0, 0.1) is 0 Å². The highest BCUT2D eigenvalue weighted by atomic mass is 32.2. The van der Waals surface area contributed by atoms with Gasteiger partial charge in [0, 0.05) is 12.2 Å². The fourth-order valence-electron chi connectivity index (χ4n) is 0.950. The van der Waals surface area contributed by atoms with Gasteiger partial charge in [-0.05, 0) is 12.8 Å². The standard InChI is InChI=1S/C9H18O4S/c1-2-3-4-7-13-9(10)6-5-8-14(11)12/h2-8H2,1H3,(H,11,12). The largest absolute Gasteiger partial charge is 0.466 e. The molecule has 4 nitrogen and oxygen atoms in total. The molecule has 0 saturated carbocycles. The molecule has 0 heterocycles. The number of carbonyl (C=O) groups excluding carboxylic acids is 1. The summed E-state index contributed by atoms with van der Waals surface area (Å²) in [6, 6.07) is 0. The fraction of sp³-hybridized carbons (Fsp3) is 0.889. The van der Waals surface area contributed by atoms with E-state index in [1.165, 1.54) is 0 Å². The Balaban J connectivity index is 3.24. The molecule has 1 unspecified atom stereocenters. The van der Waals surface area contributed by atoms with E-state index in [0.717, 1.165) is 19.3 Å². The van der Waals surface area contributed by atoms with E-state index in [4.69, 9.17) is 9.29 Å². The first-order valence-corrected chi connectivity index (χ1v) is 6.17. The van der Waals surface area contributed by atoms with Gasteiger partial charge in [-0.3, -0.25) is 4.79 Å². The van der Waals surface area contributed by atoms with Crippen LogP contribution in [0.2, 0.25) is 0 Å². The SMILES string of the molecule is CCCCCOC(=O)CCCS(=O)O. The molecule has 0 aromatic carbocycles. The molecule has 0 aliphatic rings. The number of rotatable bonds is 8. The van der Waals surface area contributed by atoms with Gasteiger partial charge in [-0.15, -0.1) is 0 Å². The average molecular weight is 222 g/mol. The average Bonchev–Trinajstić information content (AvgIpc) is 2.12. The van der Waals surface area contributed by atoms with Crippen molar-refractivity contribution >= 4 is 17.0 Å². The highest BCUT2D eigenvalue weighted by molar-refractivity contribution is 7.79. The minimum Gasteiger partial charge on any atom is -0.466 e. The Morgan fingerprint density at radius 1 is 1.36 bits per heavy atom. The van der Waals surface area contributed by atoms with Crippen molar-refractivity contribution in [3.63, 3.8) is 0 Å². The number of esters is 1. The Labute approximate surface area is 87.3 Å². The van der Waals surface area contributed by atoms with Crippen LogP contribution in [0.3, 0.4) is 0 Å². The van der Waals surface area contributed by atoms with Crippen LogP contribution < -0.4 is 0 Å². The molecule has 0 fully saturated rings. The molecule has 0 saturated heterocycles. The van der Waals surface area contributed by atoms with Crippen molar-refractivity contribution in [2.45, 2.75) is 39.0 Å². The Kier molecular flexibility index (Phi) is 8.87. The van der Waals surface area contributed by atoms with E-state index in [1.54, 1.807) is 0 Å². The lowest BCUT2D eigenvalue weighted by Crippen LogP contribution is -2.07. The Bertz CT molecular complexity index is 182. The Hall–Kier alpha value is -0.420. The smallest absolute Gasteiger partial charge is 0.305 e. The lowest BCUT2D eigenvalue weighted by atomic mass is 10.3. The van der Waals surface area contributed by atoms with Crippen LogP contribution in [-0.2, 0) is 20.6 Å². The summed E-state index contributed by atoms with van der Waals surface area (Å²) in [5.74, 6) is -0.129. The van der Waals surface area contributed by atoms with Crippen molar-refractivity contribution in [3.8, 4) is 0 Å². The molecule has 0 bridgehead atoms. The second-order valence-electron chi connectivity index (χ2n) is 3.06. The molecule has 0 aromatic heterocycles. The molecule has 14 heavy (non-hydrogen) atoms. The molecule has 0 aromatic rings. The number of ether oxygens (including phenoxy) is 1. The fourth-order valence-corrected chi connectivity index (χ4v) is 1.34. The zero-order chi connectivity index (χ0) is 10.8. The maximum atomic E-state index is 11.0. The van der Waals surface area contributed by atoms with Gasteiger partial charge >= 0.3 is 5.97 Å². The molecular formula is C9H18O4S. The topological polar surface area (TPSA) is 63.6 Å². The molecule has 0 amide bonds. The van der Waals surface area contributed by atoms with Gasteiger partial charge in [-0.25, -0.2) is 4.21 Å². The summed E-state index contributed by atoms with van der Waals surface area (Å²) in [6.45, 7) is 2.55. The Morgan fingerprint density at radius 2 is 2.07 bits per heavy atom. The summed E-state index contributed by atoms with van der Waals surface area (Å²) in [6.07, 6.45) is 3.71. The lowest BCUT2D eigenvalue weighted by molar-refractivity contribution is -0.143. The Morgan fingerprint density at radius 3 is 2.64 bits per heavy atom. The summed E-state index contributed by atoms with van der Waals surface area (Å²) >= 11 is -1.80. The van der Waals surface area contributed by atoms with Gasteiger partial charge < -0.3 is 9.29 Å². The van der Waals surface area contributed by atoms with E-state index in [9.17, 15) is 9.00 Å². The predicted octanol–water partition coefficient (Wildman–Crippen LogP) is 1.72. The normalized spacial score (nSPS) is 12.4. The first-order valence-electron chi connectivity index (χ1n) is 4.90. The van der Waals surface area contributed by atoms with Gasteiger partial charge in [0.25, 0.3) is 0 Å². The summed E-state index contributed by atoms with van der Waals surface area (Å²) < 4.78 is 23.6. The molecule has 1 N–H and O–H groups in total. The van der Waals surface area contributed by atoms with Crippen LogP contribution in [0.25, 0.3) is 0 Å². The van der Waals surface area contributed by atoms with E-state index in [2.05, 4.69) is 6.92 Å². The van der Waals surface area contributed by atoms with Gasteiger partial charge in [0.15, 0.2) is 11.1 Å². The molecule has 1 atom stereocenters. The highest BCUT2D eigenvalue weighted by Gasteiger charge is 2.03. The van der Waals surface area contributed by atoms with E-state index in [0.29, 0.717) is 13.0 Å². The number of unbranched alkanes of at least 4 members (excludes halogenated alkanes) is 2. The van der Waals surface area contributed by atoms with E-state index in [-0.39, 0.29) is 18.1 Å². The summed E-state index contributed by atoms with van der Waals surface area (Å²) in [4.78, 5) is 11.0. The first-order chi connectivity index (χ1) is 6.66. The summed E-state index contributed by atoms with van der Waals surface area (Å²) in [5.41, 5.74) is 0. The van der Waals surface area contributed by atoms with Gasteiger partial charge in [0.2, 0.25) is 0 Å². The highest BCUT2D eigenvalue weighted by Crippen LogP contribution is 1.98. The quantitative estimate of drug-likeness (QED) is 0.386. The molecule has 5 heteroatoms. The second kappa shape index (κ2) is 9.15. The maximum Gasteiger partial charge on any atom is 0.305 e. The zero-order valence-corrected chi connectivity index (χ0v) is 9.35. The summed E-state index contributed by atoms with van der Waals surface area (Å²) in [7, 11) is 0. The van der Waals surface area contributed by atoms with Gasteiger partial charge in [0.05, 0.1) is 6.61 Å². The maximum absolute atomic E-state index is 11.0. The minimum atomic E-state index is -1.80. The molecule has 0 aliphatic carbocycles. The lowest BCUT2D eigenvalue weighted by Gasteiger charge is -2.02. The monoisotopic (exact) mass is 222 g/mol. The number of hydrogen-bond donors (Lipinski definition) is 1. The van der Waals surface area contributed by atoms with E-state index in [1.807, 2.05) is 0 Å².